The molecule has 0 atom stereocenters. The number of hydrogen-bond acceptors (Lipinski definition) is 2. The van der Waals surface area contributed by atoms with Crippen LogP contribution in [0.15, 0.2) is 34.8 Å². The molecule has 0 aliphatic carbocycles. The molecule has 0 aromatic heterocycles. The van der Waals surface area contributed by atoms with E-state index in [2.05, 4.69) is 15.9 Å². The van der Waals surface area contributed by atoms with Gasteiger partial charge in [-0.2, -0.15) is 0 Å². The van der Waals surface area contributed by atoms with Crippen LogP contribution in [0.5, 0.6) is 5.75 Å². The predicted molar refractivity (Wildman–Crippen MR) is 69.2 cm³/mol. The Morgan fingerprint density at radius 2 is 1.63 bits per heavy atom. The molecular weight excluding hydrogens is 323 g/mol. The average Bonchev–Trinajstić information content (AvgIpc) is 2.31. The zero-order valence-corrected chi connectivity index (χ0v) is 11.2. The molecule has 2 aromatic carbocycles. The summed E-state index contributed by atoms with van der Waals surface area (Å²) in [6, 6.07) is 5.49. The molecule has 0 spiro atoms. The lowest BCUT2D eigenvalue weighted by molar-refractivity contribution is 0.305. The van der Waals surface area contributed by atoms with E-state index in [4.69, 9.17) is 10.5 Å². The molecule has 2 aromatic rings. The van der Waals surface area contributed by atoms with E-state index in [0.717, 1.165) is 24.3 Å². The van der Waals surface area contributed by atoms with Gasteiger partial charge in [-0.3, -0.25) is 0 Å². The Bertz CT molecular complexity index is 599. The number of ether oxygens (including phenoxy) is 1. The fourth-order valence-electron chi connectivity index (χ4n) is 1.52. The maximum atomic E-state index is 13.3. The van der Waals surface area contributed by atoms with Gasteiger partial charge in [-0.25, -0.2) is 13.2 Å². The highest BCUT2D eigenvalue weighted by atomic mass is 79.9. The molecule has 0 unspecified atom stereocenters. The molecule has 0 fully saturated rings. The minimum Gasteiger partial charge on any atom is -0.487 e. The van der Waals surface area contributed by atoms with Crippen LogP contribution >= 0.6 is 15.9 Å². The van der Waals surface area contributed by atoms with Crippen molar-refractivity contribution in [3.8, 4) is 5.75 Å². The average molecular weight is 332 g/mol. The quantitative estimate of drug-likeness (QED) is 0.862. The van der Waals surface area contributed by atoms with Crippen molar-refractivity contribution in [1.29, 1.82) is 0 Å². The van der Waals surface area contributed by atoms with Gasteiger partial charge in [-0.05, 0) is 39.7 Å². The van der Waals surface area contributed by atoms with E-state index in [-0.39, 0.29) is 22.5 Å². The van der Waals surface area contributed by atoms with Gasteiger partial charge in [0.25, 0.3) is 0 Å². The van der Waals surface area contributed by atoms with Crippen LogP contribution in [-0.4, -0.2) is 0 Å². The molecule has 2 rings (SSSR count). The van der Waals surface area contributed by atoms with Crippen molar-refractivity contribution in [3.63, 3.8) is 0 Å². The van der Waals surface area contributed by atoms with Gasteiger partial charge in [-0.1, -0.05) is 0 Å². The molecule has 0 aliphatic heterocycles. The summed E-state index contributed by atoms with van der Waals surface area (Å²) in [5.41, 5.74) is 6.16. The third-order valence-corrected chi connectivity index (χ3v) is 2.98. The summed E-state index contributed by atoms with van der Waals surface area (Å²) in [5, 5.41) is 0. The molecule has 0 heterocycles. The summed E-state index contributed by atoms with van der Waals surface area (Å²) in [4.78, 5) is 0. The Balaban J connectivity index is 2.16. The monoisotopic (exact) mass is 331 g/mol. The maximum Gasteiger partial charge on any atom is 0.145 e. The number of benzene rings is 2. The highest BCUT2D eigenvalue weighted by Gasteiger charge is 2.08. The molecule has 2 nitrogen and oxygen atoms in total. The van der Waals surface area contributed by atoms with Gasteiger partial charge in [-0.15, -0.1) is 0 Å². The molecule has 0 amide bonds. The van der Waals surface area contributed by atoms with Crippen molar-refractivity contribution in [3.05, 3.63) is 57.8 Å². The summed E-state index contributed by atoms with van der Waals surface area (Å²) in [5.74, 6) is -1.82. The third-order valence-electron chi connectivity index (χ3n) is 2.37. The first-order valence-electron chi connectivity index (χ1n) is 5.28. The Morgan fingerprint density at radius 1 is 1.00 bits per heavy atom. The van der Waals surface area contributed by atoms with Gasteiger partial charge in [0.05, 0.1) is 10.2 Å². The molecule has 0 bridgehead atoms. The van der Waals surface area contributed by atoms with Crippen LogP contribution in [0.4, 0.5) is 18.9 Å². The van der Waals surface area contributed by atoms with E-state index >= 15 is 0 Å². The van der Waals surface area contributed by atoms with Crippen molar-refractivity contribution < 1.29 is 17.9 Å². The smallest absolute Gasteiger partial charge is 0.145 e. The Hall–Kier alpha value is -1.69. The van der Waals surface area contributed by atoms with E-state index in [9.17, 15) is 13.2 Å². The lowest BCUT2D eigenvalue weighted by atomic mass is 10.2. The number of nitrogens with two attached hydrogens (primary N) is 1. The van der Waals surface area contributed by atoms with Crippen molar-refractivity contribution in [1.82, 2.24) is 0 Å². The molecular formula is C13H9BrF3NO. The second kappa shape index (κ2) is 5.52. The third kappa shape index (κ3) is 3.41. The minimum atomic E-state index is -0.700. The first kappa shape index (κ1) is 13.7. The van der Waals surface area contributed by atoms with Crippen LogP contribution in [0.3, 0.4) is 0 Å². The lowest BCUT2D eigenvalue weighted by Crippen LogP contribution is -2.00. The highest BCUT2D eigenvalue weighted by Crippen LogP contribution is 2.29. The molecule has 19 heavy (non-hydrogen) atoms. The van der Waals surface area contributed by atoms with Crippen LogP contribution in [-0.2, 0) is 6.61 Å². The predicted octanol–water partition coefficient (Wildman–Crippen LogP) is 4.03. The maximum absolute atomic E-state index is 13.3. The van der Waals surface area contributed by atoms with Gasteiger partial charge in [0.15, 0.2) is 0 Å². The van der Waals surface area contributed by atoms with Crippen LogP contribution < -0.4 is 10.5 Å². The molecule has 100 valence electrons. The van der Waals surface area contributed by atoms with E-state index < -0.39 is 17.5 Å². The van der Waals surface area contributed by atoms with Gasteiger partial charge < -0.3 is 10.5 Å². The van der Waals surface area contributed by atoms with Crippen LogP contribution in [0, 0.1) is 17.5 Å². The van der Waals surface area contributed by atoms with Crippen LogP contribution in [0.2, 0.25) is 0 Å². The second-order valence-electron chi connectivity index (χ2n) is 3.87. The van der Waals surface area contributed by atoms with Crippen molar-refractivity contribution in [2.24, 2.45) is 0 Å². The summed E-state index contributed by atoms with van der Waals surface area (Å²) < 4.78 is 44.7. The first-order chi connectivity index (χ1) is 8.95. The Kier molecular flexibility index (Phi) is 3.99. The molecule has 0 saturated carbocycles. The van der Waals surface area contributed by atoms with Crippen molar-refractivity contribution in [2.75, 3.05) is 5.73 Å². The molecule has 2 N–H and O–H groups in total. The summed E-state index contributed by atoms with van der Waals surface area (Å²) in [6.07, 6.45) is 0. The Morgan fingerprint density at radius 3 is 2.26 bits per heavy atom. The summed E-state index contributed by atoms with van der Waals surface area (Å²) >= 11 is 2.99. The van der Waals surface area contributed by atoms with E-state index in [1.807, 2.05) is 0 Å². The zero-order chi connectivity index (χ0) is 14.0. The van der Waals surface area contributed by atoms with E-state index in [0.29, 0.717) is 5.56 Å². The zero-order valence-electron chi connectivity index (χ0n) is 9.59. The number of halogens is 4. The van der Waals surface area contributed by atoms with E-state index in [1.54, 1.807) is 0 Å². The summed E-state index contributed by atoms with van der Waals surface area (Å²) in [6.45, 7) is -0.111. The summed E-state index contributed by atoms with van der Waals surface area (Å²) in [7, 11) is 0. The van der Waals surface area contributed by atoms with Gasteiger partial charge in [0.1, 0.15) is 29.8 Å². The minimum absolute atomic E-state index is 0.111. The van der Waals surface area contributed by atoms with Crippen molar-refractivity contribution in [2.45, 2.75) is 6.61 Å². The highest BCUT2D eigenvalue weighted by molar-refractivity contribution is 9.10. The fourth-order valence-corrected chi connectivity index (χ4v) is 1.89. The first-order valence-corrected chi connectivity index (χ1v) is 6.07. The molecule has 0 radical (unpaired) electrons. The number of nitrogen functional groups attached to an aromatic ring is 1. The number of rotatable bonds is 3. The van der Waals surface area contributed by atoms with Gasteiger partial charge >= 0.3 is 0 Å². The Labute approximate surface area is 116 Å². The van der Waals surface area contributed by atoms with Crippen LogP contribution in [0.25, 0.3) is 0 Å². The van der Waals surface area contributed by atoms with Crippen LogP contribution in [0.1, 0.15) is 5.56 Å². The fraction of sp³-hybridized carbons (Fsp3) is 0.0769. The molecule has 0 saturated heterocycles. The van der Waals surface area contributed by atoms with Crippen molar-refractivity contribution >= 4 is 21.6 Å². The molecule has 6 heteroatoms. The topological polar surface area (TPSA) is 35.2 Å². The molecule has 0 aliphatic rings. The van der Waals surface area contributed by atoms with Gasteiger partial charge in [0, 0.05) is 12.1 Å². The number of hydrogen-bond donors (Lipinski definition) is 1. The standard InChI is InChI=1S/C13H9BrF3NO/c14-10-4-12(18)13(5-11(10)17)19-6-7-1-8(15)3-9(16)2-7/h1-5H,6,18H2. The largest absolute Gasteiger partial charge is 0.487 e. The SMILES string of the molecule is Nc1cc(Br)c(F)cc1OCc1cc(F)cc(F)c1. The van der Waals surface area contributed by atoms with Gasteiger partial charge in [0.2, 0.25) is 0 Å². The second-order valence-corrected chi connectivity index (χ2v) is 4.72. The lowest BCUT2D eigenvalue weighted by Gasteiger charge is -2.10. The van der Waals surface area contributed by atoms with E-state index in [1.165, 1.54) is 6.07 Å². The normalized spacial score (nSPS) is 10.5. The number of anilines is 1.